The molecule has 0 bridgehead atoms. The molecular formula is C59H43F. The van der Waals surface area contributed by atoms with Gasteiger partial charge in [0.1, 0.15) is 5.82 Å². The van der Waals surface area contributed by atoms with E-state index in [4.69, 9.17) is 0 Å². The van der Waals surface area contributed by atoms with Crippen LogP contribution in [0.3, 0.4) is 0 Å². The number of rotatable bonds is 4. The number of halogens is 1. The van der Waals surface area contributed by atoms with E-state index in [0.29, 0.717) is 0 Å². The fourth-order valence-electron chi connectivity index (χ4n) is 9.63. The van der Waals surface area contributed by atoms with E-state index in [-0.39, 0.29) is 11.2 Å². The van der Waals surface area contributed by atoms with Gasteiger partial charge < -0.3 is 0 Å². The first-order valence-electron chi connectivity index (χ1n) is 20.9. The molecule has 0 aliphatic carbocycles. The Morgan fingerprint density at radius 1 is 0.333 bits per heavy atom. The lowest BCUT2D eigenvalue weighted by molar-refractivity contribution is 0.590. The first kappa shape index (κ1) is 36.0. The van der Waals surface area contributed by atoms with Crippen LogP contribution in [0.4, 0.5) is 4.39 Å². The highest BCUT2D eigenvalue weighted by atomic mass is 19.1. The fraction of sp³-hybridized carbons (Fsp3) is 0.0847. The molecule has 11 aromatic rings. The van der Waals surface area contributed by atoms with Crippen molar-refractivity contribution in [3.63, 3.8) is 0 Å². The first-order valence-corrected chi connectivity index (χ1v) is 20.9. The minimum absolute atomic E-state index is 0.0551. The standard InChI is InChI=1S/C59H43F/c1-36-17-19-37(20-18-36)39-23-28-52-55(32-39)57(53-34-41-11-5-6-12-45(41)47-13-7-9-15-49(47)53)51-29-24-40(38-21-25-43(26-22-38)59(2,3)4)33-56(51)58(52)54-35-42-31-44(60)27-30-46(42)48-14-8-10-16-50(48)54/h5-35H,1-4H3. The van der Waals surface area contributed by atoms with Crippen LogP contribution < -0.4 is 0 Å². The van der Waals surface area contributed by atoms with Crippen molar-refractivity contribution in [2.75, 3.05) is 0 Å². The quantitative estimate of drug-likeness (QED) is 0.123. The Morgan fingerprint density at radius 2 is 0.767 bits per heavy atom. The summed E-state index contributed by atoms with van der Waals surface area (Å²) in [4.78, 5) is 0. The number of benzene rings is 11. The predicted octanol–water partition coefficient (Wildman–Crippen LogP) is 17.0. The van der Waals surface area contributed by atoms with Crippen LogP contribution >= 0.6 is 0 Å². The van der Waals surface area contributed by atoms with Crippen molar-refractivity contribution in [2.45, 2.75) is 33.1 Å². The molecule has 0 aromatic heterocycles. The summed E-state index contributed by atoms with van der Waals surface area (Å²) in [6.45, 7) is 8.92. The Bertz CT molecular complexity index is 3510. The fourth-order valence-corrected chi connectivity index (χ4v) is 9.63. The van der Waals surface area contributed by atoms with Gasteiger partial charge in [-0.2, -0.15) is 0 Å². The molecule has 11 aromatic carbocycles. The Balaban J connectivity index is 1.33. The monoisotopic (exact) mass is 770 g/mol. The van der Waals surface area contributed by atoms with Gasteiger partial charge in [-0.1, -0.05) is 178 Å². The second kappa shape index (κ2) is 13.8. The molecule has 0 aliphatic heterocycles. The zero-order valence-electron chi connectivity index (χ0n) is 34.3. The van der Waals surface area contributed by atoms with Gasteiger partial charge in [-0.05, 0) is 163 Å². The van der Waals surface area contributed by atoms with Gasteiger partial charge in [-0.25, -0.2) is 4.39 Å². The molecule has 0 spiro atoms. The van der Waals surface area contributed by atoms with Crippen molar-refractivity contribution in [3.05, 3.63) is 205 Å². The summed E-state index contributed by atoms with van der Waals surface area (Å²) < 4.78 is 15.1. The van der Waals surface area contributed by atoms with E-state index < -0.39 is 0 Å². The van der Waals surface area contributed by atoms with Gasteiger partial charge in [0.25, 0.3) is 0 Å². The molecule has 0 atom stereocenters. The summed E-state index contributed by atoms with van der Waals surface area (Å²) in [7, 11) is 0. The average molecular weight is 771 g/mol. The molecule has 1 heteroatoms. The number of aryl methyl sites for hydroxylation is 1. The summed E-state index contributed by atoms with van der Waals surface area (Å²) in [6.07, 6.45) is 0. The van der Waals surface area contributed by atoms with Crippen molar-refractivity contribution in [2.24, 2.45) is 0 Å². The van der Waals surface area contributed by atoms with E-state index in [0.717, 1.165) is 49.0 Å². The van der Waals surface area contributed by atoms with Crippen LogP contribution in [0.2, 0.25) is 0 Å². The molecule has 286 valence electrons. The van der Waals surface area contributed by atoms with E-state index in [2.05, 4.69) is 198 Å². The second-order valence-electron chi connectivity index (χ2n) is 17.5. The highest BCUT2D eigenvalue weighted by molar-refractivity contribution is 6.29. The minimum Gasteiger partial charge on any atom is -0.207 e. The Kier molecular flexibility index (Phi) is 8.26. The molecule has 0 aliphatic rings. The molecule has 60 heavy (non-hydrogen) atoms. The van der Waals surface area contributed by atoms with Crippen molar-refractivity contribution in [1.29, 1.82) is 0 Å². The molecule has 0 saturated heterocycles. The number of fused-ring (bicyclic) bond motifs is 8. The van der Waals surface area contributed by atoms with E-state index in [1.54, 1.807) is 12.1 Å². The SMILES string of the molecule is Cc1ccc(-c2ccc3c(-c4cc5cc(F)ccc5c5ccccc45)c4cc(-c5ccc(C(C)(C)C)cc5)ccc4c(-c4cc5ccccc5c5ccccc45)c3c2)cc1. The summed E-state index contributed by atoms with van der Waals surface area (Å²) in [5.74, 6) is -0.235. The van der Waals surface area contributed by atoms with E-state index in [1.807, 2.05) is 6.07 Å². The smallest absolute Gasteiger partial charge is 0.123 e. The molecule has 0 unspecified atom stereocenters. The van der Waals surface area contributed by atoms with Gasteiger partial charge in [0.2, 0.25) is 0 Å². The number of hydrogen-bond donors (Lipinski definition) is 0. The van der Waals surface area contributed by atoms with Crippen LogP contribution in [-0.4, -0.2) is 0 Å². The molecule has 0 radical (unpaired) electrons. The van der Waals surface area contributed by atoms with Crippen LogP contribution in [0.1, 0.15) is 31.9 Å². The summed E-state index contributed by atoms with van der Waals surface area (Å²) in [5, 5.41) is 13.8. The lowest BCUT2D eigenvalue weighted by atomic mass is 9.81. The van der Waals surface area contributed by atoms with Gasteiger partial charge in [-0.15, -0.1) is 0 Å². The van der Waals surface area contributed by atoms with E-state index >= 15 is 4.39 Å². The highest BCUT2D eigenvalue weighted by Crippen LogP contribution is 2.50. The lowest BCUT2D eigenvalue weighted by Gasteiger charge is -2.22. The molecule has 0 heterocycles. The average Bonchev–Trinajstić information content (AvgIpc) is 3.27. The molecule has 11 rings (SSSR count). The molecule has 0 amide bonds. The van der Waals surface area contributed by atoms with Crippen LogP contribution in [0, 0.1) is 12.7 Å². The van der Waals surface area contributed by atoms with Crippen molar-refractivity contribution in [3.8, 4) is 44.5 Å². The van der Waals surface area contributed by atoms with E-state index in [9.17, 15) is 0 Å². The molecule has 0 saturated carbocycles. The maximum atomic E-state index is 15.1. The third-order valence-corrected chi connectivity index (χ3v) is 12.7. The predicted molar refractivity (Wildman–Crippen MR) is 257 cm³/mol. The number of hydrogen-bond acceptors (Lipinski definition) is 0. The zero-order chi connectivity index (χ0) is 40.7. The summed E-state index contributed by atoms with van der Waals surface area (Å²) in [6, 6.07) is 68.0. The Labute approximate surface area is 350 Å². The first-order chi connectivity index (χ1) is 29.2. The maximum Gasteiger partial charge on any atom is 0.123 e. The van der Waals surface area contributed by atoms with Crippen molar-refractivity contribution < 1.29 is 4.39 Å². The van der Waals surface area contributed by atoms with E-state index in [1.165, 1.54) is 71.3 Å². The van der Waals surface area contributed by atoms with Gasteiger partial charge in [0.05, 0.1) is 0 Å². The Morgan fingerprint density at radius 3 is 1.32 bits per heavy atom. The third kappa shape index (κ3) is 5.88. The maximum absolute atomic E-state index is 15.1. The van der Waals surface area contributed by atoms with Crippen LogP contribution in [0.25, 0.3) is 109 Å². The summed E-state index contributed by atoms with van der Waals surface area (Å²) in [5.41, 5.74) is 11.9. The lowest BCUT2D eigenvalue weighted by Crippen LogP contribution is -2.10. The van der Waals surface area contributed by atoms with Gasteiger partial charge in [-0.3, -0.25) is 0 Å². The van der Waals surface area contributed by atoms with Crippen LogP contribution in [-0.2, 0) is 5.41 Å². The van der Waals surface area contributed by atoms with Gasteiger partial charge in [0.15, 0.2) is 0 Å². The summed E-state index contributed by atoms with van der Waals surface area (Å²) >= 11 is 0. The molecular weight excluding hydrogens is 728 g/mol. The molecule has 0 N–H and O–H groups in total. The van der Waals surface area contributed by atoms with Crippen molar-refractivity contribution in [1.82, 2.24) is 0 Å². The van der Waals surface area contributed by atoms with Gasteiger partial charge in [0, 0.05) is 0 Å². The highest BCUT2D eigenvalue weighted by Gasteiger charge is 2.23. The van der Waals surface area contributed by atoms with Crippen LogP contribution in [0.15, 0.2) is 188 Å². The minimum atomic E-state index is -0.235. The van der Waals surface area contributed by atoms with Crippen molar-refractivity contribution >= 4 is 64.6 Å². The van der Waals surface area contributed by atoms with Crippen LogP contribution in [0.5, 0.6) is 0 Å². The Hall–Kier alpha value is -7.09. The topological polar surface area (TPSA) is 0 Å². The third-order valence-electron chi connectivity index (χ3n) is 12.7. The largest absolute Gasteiger partial charge is 0.207 e. The normalized spacial score (nSPS) is 12.1. The zero-order valence-corrected chi connectivity index (χ0v) is 34.3. The van der Waals surface area contributed by atoms with Gasteiger partial charge >= 0.3 is 0 Å². The molecule has 0 fully saturated rings. The molecule has 0 nitrogen and oxygen atoms in total. The second-order valence-corrected chi connectivity index (χ2v) is 17.5.